The molecule has 0 unspecified atom stereocenters. The summed E-state index contributed by atoms with van der Waals surface area (Å²) in [4.78, 5) is 38.1. The van der Waals surface area contributed by atoms with Crippen molar-refractivity contribution in [3.63, 3.8) is 0 Å². The van der Waals surface area contributed by atoms with Crippen LogP contribution in [0.1, 0.15) is 318 Å². The van der Waals surface area contributed by atoms with Crippen molar-refractivity contribution in [2.75, 3.05) is 13.2 Å². The van der Waals surface area contributed by atoms with E-state index in [1.165, 1.54) is 199 Å². The van der Waals surface area contributed by atoms with Crippen LogP contribution in [-0.4, -0.2) is 37.2 Å². The van der Waals surface area contributed by atoms with Crippen molar-refractivity contribution in [1.29, 1.82) is 0 Å². The molecule has 0 saturated carbocycles. The van der Waals surface area contributed by atoms with Gasteiger partial charge in [-0.25, -0.2) is 0 Å². The third-order valence-corrected chi connectivity index (χ3v) is 13.1. The minimum absolute atomic E-state index is 0.0636. The quantitative estimate of drug-likeness (QED) is 0.0344. The van der Waals surface area contributed by atoms with E-state index in [2.05, 4.69) is 41.5 Å². The van der Waals surface area contributed by atoms with Gasteiger partial charge in [-0.1, -0.05) is 279 Å². The van der Waals surface area contributed by atoms with Crippen LogP contribution in [0, 0.1) is 17.8 Å². The van der Waals surface area contributed by atoms with Gasteiger partial charge in [-0.05, 0) is 37.0 Å². The smallest absolute Gasteiger partial charge is 0.306 e. The molecule has 0 N–H and O–H groups in total. The van der Waals surface area contributed by atoms with E-state index in [1.807, 2.05) is 0 Å². The maximum Gasteiger partial charge on any atom is 0.306 e. The fourth-order valence-electron chi connectivity index (χ4n) is 8.82. The van der Waals surface area contributed by atoms with Gasteiger partial charge < -0.3 is 14.2 Å². The van der Waals surface area contributed by atoms with Crippen LogP contribution in [0.4, 0.5) is 0 Å². The van der Waals surface area contributed by atoms with E-state index in [9.17, 15) is 14.4 Å². The minimum atomic E-state index is -0.763. The Morgan fingerprint density at radius 3 is 0.672 bits per heavy atom. The second kappa shape index (κ2) is 49.3. The number of hydrogen-bond acceptors (Lipinski definition) is 6. The number of unbranched alkanes of at least 4 members (excludes halogenated alkanes) is 34. The molecule has 0 heterocycles. The van der Waals surface area contributed by atoms with Gasteiger partial charge in [-0.3, -0.25) is 14.4 Å². The summed E-state index contributed by atoms with van der Waals surface area (Å²) in [5.41, 5.74) is 0. The van der Waals surface area contributed by atoms with Crippen molar-refractivity contribution in [2.24, 2.45) is 17.8 Å². The minimum Gasteiger partial charge on any atom is -0.462 e. The van der Waals surface area contributed by atoms with Gasteiger partial charge in [-0.15, -0.1) is 0 Å². The second-order valence-corrected chi connectivity index (χ2v) is 21.4. The molecule has 0 spiro atoms. The lowest BCUT2D eigenvalue weighted by Gasteiger charge is -2.18. The van der Waals surface area contributed by atoms with Gasteiger partial charge in [0.25, 0.3) is 0 Å². The fraction of sp³-hybridized carbons (Fsp3) is 0.948. The Labute approximate surface area is 399 Å². The van der Waals surface area contributed by atoms with Crippen LogP contribution in [0.15, 0.2) is 0 Å². The van der Waals surface area contributed by atoms with Crippen LogP contribution in [0.2, 0.25) is 0 Å². The third kappa shape index (κ3) is 51.4. The average Bonchev–Trinajstić information content (AvgIpc) is 3.25. The number of rotatable bonds is 51. The summed E-state index contributed by atoms with van der Waals surface area (Å²) in [5.74, 6) is 1.66. The molecular weight excluding hydrogens is 793 g/mol. The SMILES string of the molecule is CC(C)CCCCCCCCCCCCCCCC(=O)OC[C@H](COC(=O)CCCCCCCCCCCCCCC(C)C)OC(=O)CCCCCCCCCCCCCCC(C)C. The Hall–Kier alpha value is -1.59. The summed E-state index contributed by atoms with van der Waals surface area (Å²) in [5, 5.41) is 0. The molecule has 0 amide bonds. The number of carbonyl (C=O) groups excluding carboxylic acids is 3. The van der Waals surface area contributed by atoms with E-state index in [0.717, 1.165) is 75.5 Å². The lowest BCUT2D eigenvalue weighted by molar-refractivity contribution is -0.167. The molecular formula is C58H112O6. The molecule has 1 atom stereocenters. The Bertz CT molecular complexity index is 991. The number of ether oxygens (including phenoxy) is 3. The molecule has 0 aliphatic heterocycles. The number of carbonyl (C=O) groups is 3. The normalized spacial score (nSPS) is 12.1. The van der Waals surface area contributed by atoms with Crippen LogP contribution in [0.25, 0.3) is 0 Å². The zero-order chi connectivity index (χ0) is 47.0. The molecule has 0 aliphatic rings. The largest absolute Gasteiger partial charge is 0.462 e. The first kappa shape index (κ1) is 62.4. The highest BCUT2D eigenvalue weighted by Crippen LogP contribution is 2.18. The first-order valence-corrected chi connectivity index (χ1v) is 28.6. The Kier molecular flexibility index (Phi) is 48.1. The predicted octanol–water partition coefficient (Wildman–Crippen LogP) is 18.7. The summed E-state index contributed by atoms with van der Waals surface area (Å²) in [6, 6.07) is 0. The molecule has 0 bridgehead atoms. The maximum atomic E-state index is 12.8. The first-order chi connectivity index (χ1) is 31.1. The van der Waals surface area contributed by atoms with E-state index in [4.69, 9.17) is 14.2 Å². The van der Waals surface area contributed by atoms with E-state index < -0.39 is 6.10 Å². The van der Waals surface area contributed by atoms with E-state index in [1.54, 1.807) is 0 Å². The molecule has 0 aromatic rings. The molecule has 0 rings (SSSR count). The molecule has 64 heavy (non-hydrogen) atoms. The molecule has 0 radical (unpaired) electrons. The summed E-state index contributed by atoms with van der Waals surface area (Å²) < 4.78 is 16.9. The molecule has 380 valence electrons. The zero-order valence-electron chi connectivity index (χ0n) is 44.1. The highest BCUT2D eigenvalue weighted by atomic mass is 16.6. The Morgan fingerprint density at radius 2 is 0.453 bits per heavy atom. The van der Waals surface area contributed by atoms with E-state index in [0.29, 0.717) is 19.3 Å². The van der Waals surface area contributed by atoms with Crippen LogP contribution in [-0.2, 0) is 28.6 Å². The molecule has 0 aliphatic carbocycles. The van der Waals surface area contributed by atoms with E-state index in [-0.39, 0.29) is 31.1 Å². The van der Waals surface area contributed by atoms with Gasteiger partial charge in [0.05, 0.1) is 0 Å². The summed E-state index contributed by atoms with van der Waals surface area (Å²) >= 11 is 0. The lowest BCUT2D eigenvalue weighted by Crippen LogP contribution is -2.30. The van der Waals surface area contributed by atoms with Crippen molar-refractivity contribution in [3.8, 4) is 0 Å². The fourth-order valence-corrected chi connectivity index (χ4v) is 8.82. The van der Waals surface area contributed by atoms with Gasteiger partial charge in [0, 0.05) is 19.3 Å². The van der Waals surface area contributed by atoms with Crippen LogP contribution in [0.5, 0.6) is 0 Å². The zero-order valence-corrected chi connectivity index (χ0v) is 44.1. The summed E-state index contributed by atoms with van der Waals surface area (Å²) in [6.45, 7) is 13.8. The highest BCUT2D eigenvalue weighted by molar-refractivity contribution is 5.71. The summed E-state index contributed by atoms with van der Waals surface area (Å²) in [7, 11) is 0. The topological polar surface area (TPSA) is 78.9 Å². The molecule has 0 aromatic heterocycles. The Morgan fingerprint density at radius 1 is 0.266 bits per heavy atom. The van der Waals surface area contributed by atoms with Crippen molar-refractivity contribution >= 4 is 17.9 Å². The van der Waals surface area contributed by atoms with Crippen LogP contribution < -0.4 is 0 Å². The molecule has 6 heteroatoms. The number of esters is 3. The van der Waals surface area contributed by atoms with Gasteiger partial charge in [0.15, 0.2) is 6.10 Å². The standard InChI is InChI=1S/C58H112O6/c1-52(2)44-38-32-26-20-14-8-7-9-17-23-29-35-41-47-56(59)62-50-55(64-58(61)49-43-37-31-25-19-13-11-16-22-28-34-40-46-54(5)6)51-63-57(60)48-42-36-30-24-18-12-10-15-21-27-33-39-45-53(3)4/h52-55H,7-51H2,1-6H3/t55-/m1/s1. The second-order valence-electron chi connectivity index (χ2n) is 21.4. The first-order valence-electron chi connectivity index (χ1n) is 28.6. The van der Waals surface area contributed by atoms with Crippen molar-refractivity contribution in [3.05, 3.63) is 0 Å². The lowest BCUT2D eigenvalue weighted by atomic mass is 10.0. The Balaban J connectivity index is 4.31. The molecule has 0 aromatic carbocycles. The van der Waals surface area contributed by atoms with Crippen molar-refractivity contribution < 1.29 is 28.6 Å². The maximum absolute atomic E-state index is 12.8. The average molecular weight is 906 g/mol. The van der Waals surface area contributed by atoms with Crippen LogP contribution in [0.3, 0.4) is 0 Å². The molecule has 0 saturated heterocycles. The highest BCUT2D eigenvalue weighted by Gasteiger charge is 2.19. The van der Waals surface area contributed by atoms with Crippen LogP contribution >= 0.6 is 0 Å². The van der Waals surface area contributed by atoms with Gasteiger partial charge in [0.1, 0.15) is 13.2 Å². The van der Waals surface area contributed by atoms with Gasteiger partial charge in [0.2, 0.25) is 0 Å². The van der Waals surface area contributed by atoms with Gasteiger partial charge in [-0.2, -0.15) is 0 Å². The van der Waals surface area contributed by atoms with E-state index >= 15 is 0 Å². The molecule has 0 fully saturated rings. The van der Waals surface area contributed by atoms with Crippen molar-refractivity contribution in [2.45, 2.75) is 324 Å². The third-order valence-electron chi connectivity index (χ3n) is 13.1. The predicted molar refractivity (Wildman–Crippen MR) is 275 cm³/mol. The number of hydrogen-bond donors (Lipinski definition) is 0. The summed E-state index contributed by atoms with van der Waals surface area (Å²) in [6.07, 6.45) is 50.9. The molecule has 6 nitrogen and oxygen atoms in total. The van der Waals surface area contributed by atoms with Gasteiger partial charge >= 0.3 is 17.9 Å². The monoisotopic (exact) mass is 905 g/mol. The van der Waals surface area contributed by atoms with Crippen molar-refractivity contribution in [1.82, 2.24) is 0 Å².